The normalized spacial score (nSPS) is 23.1. The van der Waals surface area contributed by atoms with Crippen LogP contribution in [0, 0.1) is 5.92 Å². The summed E-state index contributed by atoms with van der Waals surface area (Å²) in [7, 11) is 5.60. The maximum absolute atomic E-state index is 11.8. The Hall–Kier alpha value is -3.13. The minimum absolute atomic E-state index is 0.0982. The molecule has 39 heavy (non-hydrogen) atoms. The summed E-state index contributed by atoms with van der Waals surface area (Å²) in [4.78, 5) is 23.3. The topological polar surface area (TPSA) is 133 Å². The zero-order chi connectivity index (χ0) is 28.2. The van der Waals surface area contributed by atoms with Gasteiger partial charge in [0, 0.05) is 46.0 Å². The van der Waals surface area contributed by atoms with Gasteiger partial charge >= 0.3 is 5.30 Å². The molecule has 13 heteroatoms. The van der Waals surface area contributed by atoms with Gasteiger partial charge in [-0.25, -0.2) is 14.8 Å². The van der Waals surface area contributed by atoms with Crippen LogP contribution >= 0.6 is 10.7 Å². The molecule has 4 rings (SSSR count). The van der Waals surface area contributed by atoms with Crippen LogP contribution in [0.1, 0.15) is 25.3 Å². The number of aromatic nitrogens is 2. The number of anilines is 2. The Morgan fingerprint density at radius 2 is 1.97 bits per heavy atom. The molecule has 1 aromatic heterocycles. The number of hydrazine groups is 1. The van der Waals surface area contributed by atoms with E-state index < -0.39 is 21.5 Å². The first-order chi connectivity index (χ1) is 18.7. The third-order valence-corrected chi connectivity index (χ3v) is 8.60. The number of nitrogens with one attached hydrogen (secondary N) is 1. The van der Waals surface area contributed by atoms with Gasteiger partial charge in [-0.2, -0.15) is 4.98 Å². The zero-order valence-corrected chi connectivity index (χ0v) is 23.9. The van der Waals surface area contributed by atoms with E-state index in [-0.39, 0.29) is 12.5 Å². The van der Waals surface area contributed by atoms with E-state index in [1.165, 1.54) is 0 Å². The number of carbonyl (C=O) groups is 1. The number of hydrogen-bond donors (Lipinski definition) is 3. The standard InChI is InChI=1S/C26H38N6O6S/c1-26(16-28-39(17-26)25(34)35)32(31-10-6-7-18(14-31)15-33)24-27-9-8-22(29-24)30(2)13-19-11-20(36-3)23(38-5)21(12-19)37-4/h8-9,11-12,17-18,28,33H,6-7,10,13-16H2,1-5H3,(H,34,35). The number of rotatable bonds is 10. The first-order valence-corrected chi connectivity index (χ1v) is 14.1. The van der Waals surface area contributed by atoms with Gasteiger partial charge in [-0.1, -0.05) is 0 Å². The van der Waals surface area contributed by atoms with Gasteiger partial charge in [-0.3, -0.25) is 9.73 Å². The van der Waals surface area contributed by atoms with Crippen LogP contribution in [0.4, 0.5) is 16.6 Å². The van der Waals surface area contributed by atoms with E-state index in [0.29, 0.717) is 48.6 Å². The first kappa shape index (κ1) is 28.9. The summed E-state index contributed by atoms with van der Waals surface area (Å²) in [6, 6.07) is 5.65. The molecule has 1 saturated heterocycles. The number of benzene rings is 1. The number of aliphatic hydroxyl groups is 1. The van der Waals surface area contributed by atoms with Gasteiger partial charge in [0.1, 0.15) is 5.82 Å². The van der Waals surface area contributed by atoms with E-state index in [2.05, 4.69) is 14.7 Å². The minimum Gasteiger partial charge on any atom is -0.493 e. The highest BCUT2D eigenvalue weighted by atomic mass is 32.2. The highest BCUT2D eigenvalue weighted by Crippen LogP contribution is 2.39. The molecule has 0 spiro atoms. The van der Waals surface area contributed by atoms with Gasteiger partial charge < -0.3 is 29.3 Å². The largest absolute Gasteiger partial charge is 0.493 e. The number of ether oxygens (including phenoxy) is 3. The highest BCUT2D eigenvalue weighted by Gasteiger charge is 2.42. The summed E-state index contributed by atoms with van der Waals surface area (Å²) in [5.41, 5.74) is 0.267. The lowest BCUT2D eigenvalue weighted by Gasteiger charge is -2.47. The Morgan fingerprint density at radius 3 is 2.56 bits per heavy atom. The molecule has 2 aliphatic rings. The summed E-state index contributed by atoms with van der Waals surface area (Å²) in [6.07, 6.45) is 3.57. The molecule has 1 fully saturated rings. The van der Waals surface area contributed by atoms with Gasteiger partial charge in [0.2, 0.25) is 11.7 Å². The first-order valence-electron chi connectivity index (χ1n) is 12.8. The molecule has 1 aromatic carbocycles. The second-order valence-corrected chi connectivity index (χ2v) is 11.5. The van der Waals surface area contributed by atoms with Crippen molar-refractivity contribution in [1.82, 2.24) is 19.7 Å². The van der Waals surface area contributed by atoms with Crippen molar-refractivity contribution in [2.24, 2.45) is 5.92 Å². The van der Waals surface area contributed by atoms with Crippen LogP contribution in [-0.4, -0.2) is 96.0 Å². The fourth-order valence-corrected chi connectivity index (χ4v) is 6.53. The molecule has 2 aliphatic heterocycles. The number of hydrogen-bond acceptors (Lipinski definition) is 11. The van der Waals surface area contributed by atoms with E-state index in [1.54, 1.807) is 27.5 Å². The molecule has 3 heterocycles. The molecular weight excluding hydrogens is 524 g/mol. The Balaban J connectivity index is 1.67. The zero-order valence-electron chi connectivity index (χ0n) is 23.1. The van der Waals surface area contributed by atoms with Crippen LogP contribution < -0.4 is 28.8 Å². The number of methoxy groups -OCH3 is 3. The lowest BCUT2D eigenvalue weighted by atomic mass is 9.99. The molecule has 0 amide bonds. The quantitative estimate of drug-likeness (QED) is 0.368. The molecule has 3 atom stereocenters. The Kier molecular flexibility index (Phi) is 9.15. The molecule has 3 N–H and O–H groups in total. The predicted octanol–water partition coefficient (Wildman–Crippen LogP) is 2.59. The fraction of sp³-hybridized carbons (Fsp3) is 0.538. The van der Waals surface area contributed by atoms with Gasteiger partial charge in [0.05, 0.1) is 26.9 Å². The van der Waals surface area contributed by atoms with Gasteiger partial charge in [0.15, 0.2) is 11.5 Å². The minimum atomic E-state index is -1.08. The van der Waals surface area contributed by atoms with E-state index in [4.69, 9.17) is 19.2 Å². The van der Waals surface area contributed by atoms with Crippen LogP contribution in [0.15, 0.2) is 24.4 Å². The van der Waals surface area contributed by atoms with Crippen molar-refractivity contribution in [3.63, 3.8) is 0 Å². The summed E-state index contributed by atoms with van der Waals surface area (Å²) in [5, 5.41) is 24.6. The van der Waals surface area contributed by atoms with E-state index in [1.807, 2.05) is 47.4 Å². The van der Waals surface area contributed by atoms with Crippen molar-refractivity contribution in [2.45, 2.75) is 31.8 Å². The fourth-order valence-electron chi connectivity index (χ4n) is 5.09. The Morgan fingerprint density at radius 1 is 1.26 bits per heavy atom. The molecular formula is C26H38N6O6S. The third-order valence-electron chi connectivity index (χ3n) is 7.02. The van der Waals surface area contributed by atoms with Crippen molar-refractivity contribution in [1.29, 1.82) is 0 Å². The smallest absolute Gasteiger partial charge is 0.372 e. The summed E-state index contributed by atoms with van der Waals surface area (Å²) in [6.45, 7) is 4.43. The van der Waals surface area contributed by atoms with Crippen molar-refractivity contribution < 1.29 is 29.2 Å². The van der Waals surface area contributed by atoms with E-state index in [9.17, 15) is 15.0 Å². The van der Waals surface area contributed by atoms with Crippen LogP contribution in [0.2, 0.25) is 0 Å². The SMILES string of the molecule is COc1cc(CN(C)c2ccnc(N(N3CCCC(CO)C3)C3(C)C=S(C(=O)O)NC3)n2)cc(OC)c1OC. The lowest BCUT2D eigenvalue weighted by Crippen LogP contribution is -2.62. The summed E-state index contributed by atoms with van der Waals surface area (Å²) >= 11 is 0. The predicted molar refractivity (Wildman–Crippen MR) is 152 cm³/mol. The maximum Gasteiger partial charge on any atom is 0.372 e. The maximum atomic E-state index is 11.8. The second kappa shape index (κ2) is 12.4. The number of piperidine rings is 1. The molecule has 0 saturated carbocycles. The van der Waals surface area contributed by atoms with E-state index >= 15 is 0 Å². The molecule has 3 unspecified atom stereocenters. The van der Waals surface area contributed by atoms with Gasteiger partial charge in [-0.15, -0.1) is 0 Å². The molecule has 214 valence electrons. The average Bonchev–Trinajstić information content (AvgIpc) is 3.35. The van der Waals surface area contributed by atoms with Crippen LogP contribution in [0.3, 0.4) is 0 Å². The Bertz CT molecular complexity index is 1190. The average molecular weight is 563 g/mol. The monoisotopic (exact) mass is 562 g/mol. The molecule has 0 aliphatic carbocycles. The van der Waals surface area contributed by atoms with Gasteiger partial charge in [0.25, 0.3) is 0 Å². The molecule has 0 bridgehead atoms. The summed E-state index contributed by atoms with van der Waals surface area (Å²) < 4.78 is 19.6. The lowest BCUT2D eigenvalue weighted by molar-refractivity contribution is 0.0968. The second-order valence-electron chi connectivity index (χ2n) is 9.92. The highest BCUT2D eigenvalue weighted by molar-refractivity contribution is 8.26. The van der Waals surface area contributed by atoms with Crippen molar-refractivity contribution in [3.05, 3.63) is 30.0 Å². The molecule has 0 radical (unpaired) electrons. The number of carboxylic acid groups (broad SMARTS) is 1. The van der Waals surface area contributed by atoms with Crippen molar-refractivity contribution >= 4 is 33.1 Å². The third kappa shape index (κ3) is 6.21. The van der Waals surface area contributed by atoms with Crippen LogP contribution in [-0.2, 0) is 6.54 Å². The number of nitrogens with zero attached hydrogens (tertiary/aromatic N) is 5. The molecule has 12 nitrogen and oxygen atoms in total. The van der Waals surface area contributed by atoms with E-state index in [0.717, 1.165) is 24.9 Å². The number of aliphatic hydroxyl groups excluding tert-OH is 1. The molecule has 2 aromatic rings. The van der Waals surface area contributed by atoms with Crippen molar-refractivity contribution in [3.8, 4) is 17.2 Å². The van der Waals surface area contributed by atoms with Crippen molar-refractivity contribution in [2.75, 3.05) is 64.5 Å². The van der Waals surface area contributed by atoms with Crippen LogP contribution in [0.25, 0.3) is 0 Å². The summed E-state index contributed by atoms with van der Waals surface area (Å²) in [5.74, 6) is 2.97. The van der Waals surface area contributed by atoms with Gasteiger partial charge in [-0.05, 0) is 65.5 Å². The Labute approximate surface area is 231 Å². The van der Waals surface area contributed by atoms with Crippen LogP contribution in [0.5, 0.6) is 17.2 Å².